The minimum atomic E-state index is -4.54. The summed E-state index contributed by atoms with van der Waals surface area (Å²) in [5, 5.41) is 8.72. The summed E-state index contributed by atoms with van der Waals surface area (Å²) in [5.74, 6) is -2.06. The summed E-state index contributed by atoms with van der Waals surface area (Å²) in [6, 6.07) is 14.5. The van der Waals surface area contributed by atoms with Gasteiger partial charge >= 0.3 is 18.0 Å². The molecule has 3 N–H and O–H groups in total. The minimum absolute atomic E-state index is 0.0260. The Morgan fingerprint density at radius 1 is 1.00 bits per heavy atom. The normalized spacial score (nSPS) is 11.2. The molecule has 0 spiro atoms. The number of benzene rings is 3. The molecule has 0 heterocycles. The molecule has 0 aliphatic rings. The number of carbonyl (C=O) groups excluding carboxylic acids is 3. The third kappa shape index (κ3) is 8.43. The standard InChI is InChI=1S/C27H24F3IN4O5/c1-3-17-7-4-5-10-21(17)34-25(37)26(38)35-32-14-16-11-20(31)24(22(12-16)39-2)40-15-23(36)33-19-9-6-8-18(13-19)27(28,29)30/h4-14H,3,15H2,1-2H3,(H,33,36)(H,34,37)(H,35,38)/b32-14-. The first-order valence-electron chi connectivity index (χ1n) is 11.7. The SMILES string of the molecule is CCc1ccccc1NC(=O)C(=O)N/N=C\c1cc(I)c(OCC(=O)Nc2cccc(C(F)(F)F)c2)c(OC)c1. The number of para-hydroxylation sites is 1. The van der Waals surface area contributed by atoms with Crippen molar-refractivity contribution in [1.82, 2.24) is 5.43 Å². The Balaban J connectivity index is 1.59. The van der Waals surface area contributed by atoms with Crippen LogP contribution in [0.4, 0.5) is 24.5 Å². The molecule has 0 atom stereocenters. The van der Waals surface area contributed by atoms with Crippen LogP contribution in [0.5, 0.6) is 11.5 Å². The lowest BCUT2D eigenvalue weighted by Crippen LogP contribution is -2.32. The number of alkyl halides is 3. The van der Waals surface area contributed by atoms with Gasteiger partial charge in [0.05, 0.1) is 22.5 Å². The third-order valence-electron chi connectivity index (χ3n) is 5.31. The summed E-state index contributed by atoms with van der Waals surface area (Å²) in [6.07, 6.45) is -2.57. The number of methoxy groups -OCH3 is 1. The molecular formula is C27H24F3IN4O5. The van der Waals surface area contributed by atoms with Gasteiger partial charge in [-0.15, -0.1) is 0 Å². The highest BCUT2D eigenvalue weighted by Crippen LogP contribution is 2.34. The van der Waals surface area contributed by atoms with Gasteiger partial charge in [-0.2, -0.15) is 18.3 Å². The molecule has 3 rings (SSSR count). The number of nitrogens with zero attached hydrogens (tertiary/aromatic N) is 1. The van der Waals surface area contributed by atoms with Crippen LogP contribution in [-0.4, -0.2) is 37.7 Å². The zero-order valence-electron chi connectivity index (χ0n) is 21.3. The first-order valence-corrected chi connectivity index (χ1v) is 12.8. The van der Waals surface area contributed by atoms with Gasteiger partial charge in [-0.3, -0.25) is 14.4 Å². The second-order valence-electron chi connectivity index (χ2n) is 8.11. The van der Waals surface area contributed by atoms with E-state index in [-0.39, 0.29) is 17.2 Å². The van der Waals surface area contributed by atoms with Gasteiger partial charge in [0.1, 0.15) is 0 Å². The molecule has 0 fully saturated rings. The van der Waals surface area contributed by atoms with Crippen LogP contribution in [0.1, 0.15) is 23.6 Å². The fraction of sp³-hybridized carbons (Fsp3) is 0.185. The number of rotatable bonds is 9. The Morgan fingerprint density at radius 3 is 2.45 bits per heavy atom. The Hall–Kier alpha value is -4.14. The van der Waals surface area contributed by atoms with Crippen LogP contribution in [-0.2, 0) is 27.0 Å². The Labute approximate surface area is 241 Å². The number of aryl methyl sites for hydroxylation is 1. The Morgan fingerprint density at radius 2 is 1.75 bits per heavy atom. The molecule has 3 aromatic rings. The van der Waals surface area contributed by atoms with Gasteiger partial charge in [0.15, 0.2) is 18.1 Å². The number of hydrogen-bond donors (Lipinski definition) is 3. The molecule has 210 valence electrons. The summed E-state index contributed by atoms with van der Waals surface area (Å²) < 4.78 is 50.1. The first kappa shape index (κ1) is 30.4. The molecule has 40 heavy (non-hydrogen) atoms. The largest absolute Gasteiger partial charge is 0.493 e. The topological polar surface area (TPSA) is 118 Å². The Kier molecular flexibility index (Phi) is 10.5. The summed E-state index contributed by atoms with van der Waals surface area (Å²) in [7, 11) is 1.38. The summed E-state index contributed by atoms with van der Waals surface area (Å²) >= 11 is 1.94. The van der Waals surface area contributed by atoms with Crippen molar-refractivity contribution in [2.24, 2.45) is 5.10 Å². The lowest BCUT2D eigenvalue weighted by atomic mass is 10.1. The van der Waals surface area contributed by atoms with E-state index in [1.54, 1.807) is 18.2 Å². The van der Waals surface area contributed by atoms with Crippen LogP contribution in [0.2, 0.25) is 0 Å². The van der Waals surface area contributed by atoms with Gasteiger partial charge in [-0.1, -0.05) is 31.2 Å². The van der Waals surface area contributed by atoms with Gasteiger partial charge < -0.3 is 20.1 Å². The maximum Gasteiger partial charge on any atom is 0.416 e. The molecule has 0 radical (unpaired) electrons. The van der Waals surface area contributed by atoms with E-state index in [2.05, 4.69) is 21.2 Å². The monoisotopic (exact) mass is 668 g/mol. The summed E-state index contributed by atoms with van der Waals surface area (Å²) in [6.45, 7) is 1.43. The lowest BCUT2D eigenvalue weighted by molar-refractivity contribution is -0.137. The van der Waals surface area contributed by atoms with Crippen molar-refractivity contribution in [2.45, 2.75) is 19.5 Å². The molecule has 0 bridgehead atoms. The molecule has 13 heteroatoms. The average molecular weight is 668 g/mol. The number of ether oxygens (including phenoxy) is 2. The molecule has 0 saturated heterocycles. The van der Waals surface area contributed by atoms with Crippen molar-refractivity contribution in [2.75, 3.05) is 24.4 Å². The molecule has 0 aliphatic heterocycles. The molecular weight excluding hydrogens is 644 g/mol. The van der Waals surface area contributed by atoms with Crippen LogP contribution in [0.3, 0.4) is 0 Å². The number of hydrogen-bond acceptors (Lipinski definition) is 6. The zero-order valence-corrected chi connectivity index (χ0v) is 23.4. The molecule has 0 aromatic heterocycles. The Bertz CT molecular complexity index is 1430. The van der Waals surface area contributed by atoms with Crippen molar-refractivity contribution < 1.29 is 37.0 Å². The maximum absolute atomic E-state index is 12.9. The van der Waals surface area contributed by atoms with Crippen LogP contribution in [0, 0.1) is 3.57 Å². The number of hydrazone groups is 1. The van der Waals surface area contributed by atoms with E-state index in [0.717, 1.165) is 17.7 Å². The number of anilines is 2. The van der Waals surface area contributed by atoms with Crippen molar-refractivity contribution in [3.8, 4) is 11.5 Å². The van der Waals surface area contributed by atoms with Gasteiger partial charge in [0.25, 0.3) is 5.91 Å². The van der Waals surface area contributed by atoms with E-state index in [4.69, 9.17) is 9.47 Å². The minimum Gasteiger partial charge on any atom is -0.493 e. The summed E-state index contributed by atoms with van der Waals surface area (Å²) in [5.41, 5.74) is 3.14. The first-order chi connectivity index (χ1) is 19.0. The van der Waals surface area contributed by atoms with Crippen LogP contribution in [0.15, 0.2) is 65.8 Å². The van der Waals surface area contributed by atoms with Gasteiger partial charge in [-0.25, -0.2) is 5.43 Å². The molecule has 0 saturated carbocycles. The van der Waals surface area contributed by atoms with Crippen molar-refractivity contribution in [1.29, 1.82) is 0 Å². The summed E-state index contributed by atoms with van der Waals surface area (Å²) in [4.78, 5) is 36.6. The van der Waals surface area contributed by atoms with E-state index in [1.165, 1.54) is 31.5 Å². The van der Waals surface area contributed by atoms with Gasteiger partial charge in [0, 0.05) is 11.4 Å². The van der Waals surface area contributed by atoms with Gasteiger partial charge in [0.2, 0.25) is 0 Å². The predicted molar refractivity (Wildman–Crippen MR) is 151 cm³/mol. The molecule has 0 aliphatic carbocycles. The molecule has 3 aromatic carbocycles. The van der Waals surface area contributed by atoms with E-state index in [9.17, 15) is 27.6 Å². The average Bonchev–Trinajstić information content (AvgIpc) is 2.92. The third-order valence-corrected chi connectivity index (χ3v) is 6.11. The number of halogens is 4. The van der Waals surface area contributed by atoms with Crippen LogP contribution >= 0.6 is 22.6 Å². The smallest absolute Gasteiger partial charge is 0.416 e. The quantitative estimate of drug-likeness (QED) is 0.129. The second-order valence-corrected chi connectivity index (χ2v) is 9.28. The predicted octanol–water partition coefficient (Wildman–Crippen LogP) is 4.99. The van der Waals surface area contributed by atoms with E-state index < -0.39 is 36.1 Å². The maximum atomic E-state index is 12.9. The van der Waals surface area contributed by atoms with Crippen molar-refractivity contribution >= 4 is 57.9 Å². The highest BCUT2D eigenvalue weighted by molar-refractivity contribution is 14.1. The van der Waals surface area contributed by atoms with E-state index >= 15 is 0 Å². The lowest BCUT2D eigenvalue weighted by Gasteiger charge is -2.14. The fourth-order valence-corrected chi connectivity index (χ4v) is 4.19. The second kappa shape index (κ2) is 13.8. The van der Waals surface area contributed by atoms with Crippen molar-refractivity contribution in [3.05, 3.63) is 80.9 Å². The van der Waals surface area contributed by atoms with Crippen molar-refractivity contribution in [3.63, 3.8) is 0 Å². The van der Waals surface area contributed by atoms with E-state index in [0.29, 0.717) is 21.2 Å². The van der Waals surface area contributed by atoms with E-state index in [1.807, 2.05) is 41.6 Å². The number of carbonyl (C=O) groups is 3. The van der Waals surface area contributed by atoms with Gasteiger partial charge in [-0.05, 0) is 76.5 Å². The highest BCUT2D eigenvalue weighted by atomic mass is 127. The zero-order chi connectivity index (χ0) is 29.3. The molecule has 3 amide bonds. The van der Waals surface area contributed by atoms with Crippen LogP contribution < -0.4 is 25.5 Å². The number of amides is 3. The molecule has 9 nitrogen and oxygen atoms in total. The molecule has 0 unspecified atom stereocenters. The van der Waals surface area contributed by atoms with Crippen LogP contribution in [0.25, 0.3) is 0 Å². The highest BCUT2D eigenvalue weighted by Gasteiger charge is 2.30. The fourth-order valence-electron chi connectivity index (χ4n) is 3.41. The number of nitrogens with one attached hydrogen (secondary N) is 3.